The molecule has 1 N–H and O–H groups in total. The average molecular weight is 410 g/mol. The van der Waals surface area contributed by atoms with Gasteiger partial charge >= 0.3 is 5.97 Å². The number of carbonyl (C=O) groups excluding carboxylic acids is 1. The Morgan fingerprint density at radius 1 is 1.37 bits per heavy atom. The van der Waals surface area contributed by atoms with Gasteiger partial charge in [0.25, 0.3) is 5.69 Å². The lowest BCUT2D eigenvalue weighted by atomic mass is 10.2. The Morgan fingerprint density at radius 2 is 2.15 bits per heavy atom. The van der Waals surface area contributed by atoms with Gasteiger partial charge in [0.15, 0.2) is 0 Å². The van der Waals surface area contributed by atoms with E-state index in [0.29, 0.717) is 27.8 Å². The van der Waals surface area contributed by atoms with Crippen LogP contribution in [0.15, 0.2) is 42.6 Å². The highest BCUT2D eigenvalue weighted by Crippen LogP contribution is 2.22. The number of carbonyl (C=O) groups is 1. The molecule has 0 aliphatic rings. The van der Waals surface area contributed by atoms with Gasteiger partial charge in [-0.05, 0) is 36.3 Å². The molecule has 1 aromatic heterocycles. The molecule has 0 aliphatic heterocycles. The molecule has 1 aromatic carbocycles. The summed E-state index contributed by atoms with van der Waals surface area (Å²) in [6, 6.07) is 7.63. The van der Waals surface area contributed by atoms with E-state index in [-0.39, 0.29) is 18.3 Å². The molecule has 9 heteroatoms. The zero-order valence-corrected chi connectivity index (χ0v) is 15.9. The van der Waals surface area contributed by atoms with Crippen LogP contribution in [0, 0.1) is 10.1 Å². The molecule has 7 nitrogen and oxygen atoms in total. The number of esters is 1. The second-order valence-corrected chi connectivity index (χ2v) is 6.38. The van der Waals surface area contributed by atoms with E-state index in [1.165, 1.54) is 24.4 Å². The lowest BCUT2D eigenvalue weighted by molar-refractivity contribution is -0.385. The molecule has 142 valence electrons. The maximum atomic E-state index is 11.9. The number of anilines is 1. The van der Waals surface area contributed by atoms with Crippen LogP contribution in [0.1, 0.15) is 18.9 Å². The van der Waals surface area contributed by atoms with Crippen molar-refractivity contribution in [3.63, 3.8) is 0 Å². The Kier molecular flexibility index (Phi) is 7.57. The van der Waals surface area contributed by atoms with Crippen molar-refractivity contribution in [2.75, 3.05) is 11.9 Å². The summed E-state index contributed by atoms with van der Waals surface area (Å²) in [5.41, 5.74) is 0.560. The monoisotopic (exact) mass is 409 g/mol. The number of hydrogen-bond acceptors (Lipinski definition) is 6. The van der Waals surface area contributed by atoms with Gasteiger partial charge in [-0.15, -0.1) is 0 Å². The van der Waals surface area contributed by atoms with E-state index in [9.17, 15) is 14.9 Å². The lowest BCUT2D eigenvalue weighted by Crippen LogP contribution is -2.26. The van der Waals surface area contributed by atoms with Crippen molar-refractivity contribution in [3.05, 3.63) is 68.3 Å². The summed E-state index contributed by atoms with van der Waals surface area (Å²) in [6.45, 7) is 2.03. The van der Waals surface area contributed by atoms with E-state index in [1.54, 1.807) is 24.3 Å². The lowest BCUT2D eigenvalue weighted by Gasteiger charge is -2.16. The van der Waals surface area contributed by atoms with Crippen LogP contribution < -0.4 is 5.32 Å². The van der Waals surface area contributed by atoms with E-state index >= 15 is 0 Å². The molecule has 0 saturated heterocycles. The minimum absolute atomic E-state index is 0.0916. The third-order valence-electron chi connectivity index (χ3n) is 3.59. The summed E-state index contributed by atoms with van der Waals surface area (Å²) in [5, 5.41) is 14.6. The highest BCUT2D eigenvalue weighted by Gasteiger charge is 2.11. The molecule has 0 bridgehead atoms. The van der Waals surface area contributed by atoms with Crippen LogP contribution in [0.25, 0.3) is 6.08 Å². The maximum absolute atomic E-state index is 11.9. The van der Waals surface area contributed by atoms with Crippen molar-refractivity contribution in [1.29, 1.82) is 0 Å². The van der Waals surface area contributed by atoms with E-state index in [0.717, 1.165) is 0 Å². The average Bonchev–Trinajstić information content (AvgIpc) is 2.64. The van der Waals surface area contributed by atoms with Gasteiger partial charge in [0.2, 0.25) is 0 Å². The topological polar surface area (TPSA) is 94.4 Å². The van der Waals surface area contributed by atoms with Gasteiger partial charge in [-0.25, -0.2) is 9.78 Å². The Hall–Kier alpha value is -2.64. The molecule has 0 aliphatic carbocycles. The van der Waals surface area contributed by atoms with Crippen molar-refractivity contribution in [1.82, 2.24) is 4.98 Å². The van der Waals surface area contributed by atoms with Crippen molar-refractivity contribution >= 4 is 46.8 Å². The number of halogens is 2. The van der Waals surface area contributed by atoms with Crippen molar-refractivity contribution < 1.29 is 14.5 Å². The third-order valence-corrected chi connectivity index (χ3v) is 4.15. The number of benzene rings is 1. The van der Waals surface area contributed by atoms with Crippen LogP contribution >= 0.6 is 23.2 Å². The number of rotatable bonds is 8. The fourth-order valence-corrected chi connectivity index (χ4v) is 2.55. The molecule has 1 atom stereocenters. The SMILES string of the molecule is CCC(COC(=O)/C=C/c1ccc(Cl)cc1Cl)Nc1ccc([N+](=O)[O-])cn1. The molecule has 0 amide bonds. The van der Waals surface area contributed by atoms with Gasteiger partial charge in [0.1, 0.15) is 18.6 Å². The smallest absolute Gasteiger partial charge is 0.330 e. The van der Waals surface area contributed by atoms with Gasteiger partial charge < -0.3 is 10.1 Å². The van der Waals surface area contributed by atoms with Crippen LogP contribution in [-0.4, -0.2) is 28.5 Å². The van der Waals surface area contributed by atoms with Crippen LogP contribution in [0.4, 0.5) is 11.5 Å². The van der Waals surface area contributed by atoms with Crippen molar-refractivity contribution in [2.45, 2.75) is 19.4 Å². The first kappa shape index (κ1) is 20.7. The molecular formula is C18H17Cl2N3O4. The second-order valence-electron chi connectivity index (χ2n) is 5.54. The Balaban J connectivity index is 1.88. The molecule has 0 fully saturated rings. The first-order valence-electron chi connectivity index (χ1n) is 8.06. The fraction of sp³-hybridized carbons (Fsp3) is 0.222. The first-order chi connectivity index (χ1) is 12.9. The third kappa shape index (κ3) is 6.54. The Labute approximate surface area is 166 Å². The number of nitrogens with zero attached hydrogens (tertiary/aromatic N) is 2. The highest BCUT2D eigenvalue weighted by atomic mass is 35.5. The van der Waals surface area contributed by atoms with E-state index in [2.05, 4.69) is 10.3 Å². The maximum Gasteiger partial charge on any atom is 0.330 e. The van der Waals surface area contributed by atoms with Crippen molar-refractivity contribution in [3.8, 4) is 0 Å². The largest absolute Gasteiger partial charge is 0.460 e. The molecule has 0 spiro atoms. The predicted octanol–water partition coefficient (Wildman–Crippen LogP) is 4.74. The molecule has 1 unspecified atom stereocenters. The molecule has 2 rings (SSSR count). The summed E-state index contributed by atoms with van der Waals surface area (Å²) in [5.74, 6) is -0.0510. The number of nitrogens with one attached hydrogen (secondary N) is 1. The first-order valence-corrected chi connectivity index (χ1v) is 8.81. The Bertz CT molecular complexity index is 841. The van der Waals surface area contributed by atoms with Gasteiger partial charge in [0.05, 0.1) is 11.0 Å². The quantitative estimate of drug-likeness (QED) is 0.292. The zero-order chi connectivity index (χ0) is 19.8. The minimum Gasteiger partial charge on any atom is -0.460 e. The van der Waals surface area contributed by atoms with Gasteiger partial charge in [-0.3, -0.25) is 10.1 Å². The summed E-state index contributed by atoms with van der Waals surface area (Å²) in [6.07, 6.45) is 4.66. The standard InChI is InChI=1S/C18H17Cl2N3O4/c1-2-14(22-17-7-6-15(10-21-17)23(25)26)11-27-18(24)8-4-12-3-5-13(19)9-16(12)20/h3-10,14H,2,11H2,1H3,(H,21,22)/b8-4+. The number of hydrogen-bond donors (Lipinski definition) is 1. The van der Waals surface area contributed by atoms with Crippen molar-refractivity contribution in [2.24, 2.45) is 0 Å². The Morgan fingerprint density at radius 3 is 2.74 bits per heavy atom. The van der Waals surface area contributed by atoms with Crippen LogP contribution in [-0.2, 0) is 9.53 Å². The van der Waals surface area contributed by atoms with Gasteiger partial charge in [0, 0.05) is 22.2 Å². The van der Waals surface area contributed by atoms with Crippen LogP contribution in [0.2, 0.25) is 10.0 Å². The molecule has 2 aromatic rings. The number of nitro groups is 1. The molecule has 0 saturated carbocycles. The normalized spacial score (nSPS) is 12.0. The van der Waals surface area contributed by atoms with E-state index in [1.807, 2.05) is 6.92 Å². The summed E-state index contributed by atoms with van der Waals surface area (Å²) in [4.78, 5) is 26.0. The molecular weight excluding hydrogens is 393 g/mol. The van der Waals surface area contributed by atoms with Crippen LogP contribution in [0.3, 0.4) is 0 Å². The van der Waals surface area contributed by atoms with Gasteiger partial charge in [-0.2, -0.15) is 0 Å². The van der Waals surface area contributed by atoms with Gasteiger partial charge in [-0.1, -0.05) is 36.2 Å². The van der Waals surface area contributed by atoms with E-state index < -0.39 is 10.9 Å². The number of aromatic nitrogens is 1. The molecule has 1 heterocycles. The molecule has 0 radical (unpaired) electrons. The fourth-order valence-electron chi connectivity index (χ4n) is 2.08. The summed E-state index contributed by atoms with van der Waals surface area (Å²) >= 11 is 11.9. The highest BCUT2D eigenvalue weighted by molar-refractivity contribution is 6.35. The second kappa shape index (κ2) is 9.89. The minimum atomic E-state index is -0.519. The molecule has 27 heavy (non-hydrogen) atoms. The van der Waals surface area contributed by atoms with Crippen LogP contribution in [0.5, 0.6) is 0 Å². The summed E-state index contributed by atoms with van der Waals surface area (Å²) in [7, 11) is 0. The summed E-state index contributed by atoms with van der Waals surface area (Å²) < 4.78 is 5.22. The van der Waals surface area contributed by atoms with E-state index in [4.69, 9.17) is 27.9 Å². The predicted molar refractivity (Wildman–Crippen MR) is 105 cm³/mol. The zero-order valence-electron chi connectivity index (χ0n) is 14.4. The number of pyridine rings is 1. The number of ether oxygens (including phenoxy) is 1.